The fourth-order valence-corrected chi connectivity index (χ4v) is 2.66. The van der Waals surface area contributed by atoms with Crippen molar-refractivity contribution in [3.05, 3.63) is 29.3 Å². The molecule has 2 heterocycles. The van der Waals surface area contributed by atoms with Gasteiger partial charge in [0.05, 0.1) is 6.61 Å². The summed E-state index contributed by atoms with van der Waals surface area (Å²) in [7, 11) is 1.89. The van der Waals surface area contributed by atoms with Gasteiger partial charge in [-0.1, -0.05) is 0 Å². The number of likely N-dealkylation sites (N-methyl/N-ethyl adjacent to an activating group) is 1. The maximum atomic E-state index is 12.4. The monoisotopic (exact) mass is 246 g/mol. The first-order valence-electron chi connectivity index (χ1n) is 6.49. The molecule has 1 N–H and O–H groups in total. The SMILES string of the molecule is CN(C(=O)c1ccc2c(c1)CCO2)C1CCNC1. The molecule has 0 aromatic heterocycles. The van der Waals surface area contributed by atoms with E-state index in [1.165, 1.54) is 0 Å². The van der Waals surface area contributed by atoms with Crippen molar-refractivity contribution in [2.45, 2.75) is 18.9 Å². The maximum Gasteiger partial charge on any atom is 0.253 e. The molecule has 1 aromatic rings. The molecular weight excluding hydrogens is 228 g/mol. The molecule has 1 aromatic carbocycles. The van der Waals surface area contributed by atoms with Gasteiger partial charge in [-0.15, -0.1) is 0 Å². The number of nitrogens with one attached hydrogen (secondary N) is 1. The first-order chi connectivity index (χ1) is 8.75. The molecule has 4 nitrogen and oxygen atoms in total. The standard InChI is InChI=1S/C14H18N2O2/c1-16(12-4-6-15-9-12)14(17)11-2-3-13-10(8-11)5-7-18-13/h2-3,8,12,15H,4-7,9H2,1H3. The molecule has 2 aliphatic rings. The minimum absolute atomic E-state index is 0.110. The predicted molar refractivity (Wildman–Crippen MR) is 69.0 cm³/mol. The third-order valence-electron chi connectivity index (χ3n) is 3.84. The number of hydrogen-bond acceptors (Lipinski definition) is 3. The number of fused-ring (bicyclic) bond motifs is 1. The van der Waals surface area contributed by atoms with E-state index in [1.807, 2.05) is 30.1 Å². The van der Waals surface area contributed by atoms with Crippen molar-refractivity contribution in [2.24, 2.45) is 0 Å². The van der Waals surface area contributed by atoms with Gasteiger partial charge in [-0.3, -0.25) is 4.79 Å². The topological polar surface area (TPSA) is 41.6 Å². The Morgan fingerprint density at radius 3 is 3.17 bits per heavy atom. The normalized spacial score (nSPS) is 21.5. The van der Waals surface area contributed by atoms with Crippen molar-refractivity contribution in [3.8, 4) is 5.75 Å². The summed E-state index contributed by atoms with van der Waals surface area (Å²) in [6, 6.07) is 6.08. The van der Waals surface area contributed by atoms with Crippen LogP contribution in [0.5, 0.6) is 5.75 Å². The first kappa shape index (κ1) is 11.5. The van der Waals surface area contributed by atoms with Crippen LogP contribution in [0.2, 0.25) is 0 Å². The number of rotatable bonds is 2. The van der Waals surface area contributed by atoms with Crippen LogP contribution in [-0.2, 0) is 6.42 Å². The number of carbonyl (C=O) groups is 1. The highest BCUT2D eigenvalue weighted by atomic mass is 16.5. The molecule has 3 rings (SSSR count). The summed E-state index contributed by atoms with van der Waals surface area (Å²) in [5.74, 6) is 1.04. The molecule has 2 aliphatic heterocycles. The van der Waals surface area contributed by atoms with Crippen LogP contribution >= 0.6 is 0 Å². The summed E-state index contributed by atoms with van der Waals surface area (Å²) in [6.07, 6.45) is 1.95. The Morgan fingerprint density at radius 2 is 2.39 bits per heavy atom. The second-order valence-electron chi connectivity index (χ2n) is 4.98. The van der Waals surface area contributed by atoms with E-state index < -0.39 is 0 Å². The van der Waals surface area contributed by atoms with E-state index >= 15 is 0 Å². The van der Waals surface area contributed by atoms with Crippen molar-refractivity contribution >= 4 is 5.91 Å². The van der Waals surface area contributed by atoms with Crippen LogP contribution in [0, 0.1) is 0 Å². The van der Waals surface area contributed by atoms with Gasteiger partial charge in [-0.2, -0.15) is 0 Å². The van der Waals surface area contributed by atoms with Crippen molar-refractivity contribution in [1.82, 2.24) is 10.2 Å². The van der Waals surface area contributed by atoms with Gasteiger partial charge in [0.1, 0.15) is 5.75 Å². The van der Waals surface area contributed by atoms with Crippen molar-refractivity contribution in [2.75, 3.05) is 26.7 Å². The number of amides is 1. The molecule has 18 heavy (non-hydrogen) atoms. The smallest absolute Gasteiger partial charge is 0.253 e. The summed E-state index contributed by atoms with van der Waals surface area (Å²) in [5, 5.41) is 3.29. The lowest BCUT2D eigenvalue weighted by Crippen LogP contribution is -2.38. The average molecular weight is 246 g/mol. The fourth-order valence-electron chi connectivity index (χ4n) is 2.66. The van der Waals surface area contributed by atoms with Crippen LogP contribution in [0.3, 0.4) is 0 Å². The minimum Gasteiger partial charge on any atom is -0.493 e. The van der Waals surface area contributed by atoms with E-state index in [4.69, 9.17) is 4.74 Å². The van der Waals surface area contributed by atoms with Crippen LogP contribution in [0.1, 0.15) is 22.3 Å². The first-order valence-corrected chi connectivity index (χ1v) is 6.49. The van der Waals surface area contributed by atoms with E-state index in [9.17, 15) is 4.79 Å². The Labute approximate surface area is 107 Å². The highest BCUT2D eigenvalue weighted by Gasteiger charge is 2.25. The minimum atomic E-state index is 0.110. The molecule has 1 fully saturated rings. The lowest BCUT2D eigenvalue weighted by atomic mass is 10.1. The van der Waals surface area contributed by atoms with Gasteiger partial charge in [0, 0.05) is 31.6 Å². The predicted octanol–water partition coefficient (Wildman–Crippen LogP) is 1.06. The van der Waals surface area contributed by atoms with E-state index in [2.05, 4.69) is 5.32 Å². The summed E-state index contributed by atoms with van der Waals surface area (Å²) >= 11 is 0. The fraction of sp³-hybridized carbons (Fsp3) is 0.500. The molecule has 4 heteroatoms. The van der Waals surface area contributed by atoms with E-state index in [1.54, 1.807) is 0 Å². The lowest BCUT2D eigenvalue weighted by molar-refractivity contribution is 0.0743. The highest BCUT2D eigenvalue weighted by Crippen LogP contribution is 2.26. The Hall–Kier alpha value is -1.55. The van der Waals surface area contributed by atoms with Crippen LogP contribution in [0.4, 0.5) is 0 Å². The van der Waals surface area contributed by atoms with Gasteiger partial charge in [-0.25, -0.2) is 0 Å². The molecule has 0 radical (unpaired) electrons. The number of ether oxygens (including phenoxy) is 1. The van der Waals surface area contributed by atoms with Crippen molar-refractivity contribution < 1.29 is 9.53 Å². The second-order valence-corrected chi connectivity index (χ2v) is 4.98. The molecule has 0 bridgehead atoms. The van der Waals surface area contributed by atoms with E-state index in [0.717, 1.165) is 49.4 Å². The molecule has 96 valence electrons. The van der Waals surface area contributed by atoms with Crippen LogP contribution in [0.25, 0.3) is 0 Å². The van der Waals surface area contributed by atoms with Gasteiger partial charge >= 0.3 is 0 Å². The average Bonchev–Trinajstić information content (AvgIpc) is 3.06. The molecule has 1 amide bonds. The Bertz CT molecular complexity index is 467. The highest BCUT2D eigenvalue weighted by molar-refractivity contribution is 5.94. The van der Waals surface area contributed by atoms with Gasteiger partial charge < -0.3 is 15.0 Å². The number of carbonyl (C=O) groups excluding carboxylic acids is 1. The maximum absolute atomic E-state index is 12.4. The van der Waals surface area contributed by atoms with Gasteiger partial charge in [0.15, 0.2) is 0 Å². The van der Waals surface area contributed by atoms with E-state index in [-0.39, 0.29) is 5.91 Å². The molecule has 1 saturated heterocycles. The van der Waals surface area contributed by atoms with Gasteiger partial charge in [0.2, 0.25) is 0 Å². The van der Waals surface area contributed by atoms with Crippen LogP contribution < -0.4 is 10.1 Å². The Balaban J connectivity index is 1.79. The molecule has 1 atom stereocenters. The number of benzene rings is 1. The summed E-state index contributed by atoms with van der Waals surface area (Å²) in [5.41, 5.74) is 1.92. The molecule has 0 spiro atoms. The van der Waals surface area contributed by atoms with E-state index in [0.29, 0.717) is 6.04 Å². The summed E-state index contributed by atoms with van der Waals surface area (Å²) in [6.45, 7) is 2.63. The number of nitrogens with zero attached hydrogens (tertiary/aromatic N) is 1. The largest absolute Gasteiger partial charge is 0.493 e. The Kier molecular flexibility index (Phi) is 2.96. The second kappa shape index (κ2) is 4.61. The quantitative estimate of drug-likeness (QED) is 0.848. The van der Waals surface area contributed by atoms with Gasteiger partial charge in [0.25, 0.3) is 5.91 Å². The summed E-state index contributed by atoms with van der Waals surface area (Å²) < 4.78 is 5.46. The number of hydrogen-bond donors (Lipinski definition) is 1. The molecule has 0 saturated carbocycles. The third-order valence-corrected chi connectivity index (χ3v) is 3.84. The van der Waals surface area contributed by atoms with Crippen LogP contribution in [-0.4, -0.2) is 43.6 Å². The molecule has 1 unspecified atom stereocenters. The van der Waals surface area contributed by atoms with Gasteiger partial charge in [-0.05, 0) is 36.7 Å². The third kappa shape index (κ3) is 1.97. The van der Waals surface area contributed by atoms with Crippen molar-refractivity contribution in [3.63, 3.8) is 0 Å². The summed E-state index contributed by atoms with van der Waals surface area (Å²) in [4.78, 5) is 14.2. The zero-order valence-electron chi connectivity index (χ0n) is 10.6. The lowest BCUT2D eigenvalue weighted by Gasteiger charge is -2.24. The molecular formula is C14H18N2O2. The Morgan fingerprint density at radius 1 is 1.50 bits per heavy atom. The zero-order chi connectivity index (χ0) is 12.5. The zero-order valence-corrected chi connectivity index (χ0v) is 10.6. The van der Waals surface area contributed by atoms with Crippen LogP contribution in [0.15, 0.2) is 18.2 Å². The molecule has 0 aliphatic carbocycles. The van der Waals surface area contributed by atoms with Crippen molar-refractivity contribution in [1.29, 1.82) is 0 Å².